The van der Waals surface area contributed by atoms with E-state index in [-0.39, 0.29) is 12.5 Å². The number of carbonyl (C=O) groups excluding carboxylic acids is 1. The number of rotatable bonds is 5. The molecule has 2 aromatic rings. The van der Waals surface area contributed by atoms with E-state index in [0.29, 0.717) is 27.4 Å². The molecule has 0 radical (unpaired) electrons. The summed E-state index contributed by atoms with van der Waals surface area (Å²) in [7, 11) is 0. The lowest BCUT2D eigenvalue weighted by Crippen LogP contribution is -2.28. The van der Waals surface area contributed by atoms with E-state index in [1.165, 1.54) is 0 Å². The second-order valence-corrected chi connectivity index (χ2v) is 6.39. The molecule has 2 rings (SSSR count). The largest absolute Gasteiger partial charge is 0.484 e. The highest BCUT2D eigenvalue weighted by Gasteiger charge is 2.08. The van der Waals surface area contributed by atoms with Crippen molar-refractivity contribution in [2.45, 2.75) is 20.4 Å². The quantitative estimate of drug-likeness (QED) is 0.805. The fraction of sp³-hybridized carbons (Fsp3) is 0.235. The standard InChI is InChI=1S/C17H16Cl3NO2/c1-10-5-14(6-11(2)17(10)20)23-9-16(22)21-8-12-3-4-13(18)7-15(12)19/h3-7H,8-9H2,1-2H3,(H,21,22). The third-order valence-corrected chi connectivity index (χ3v) is 4.45. The lowest BCUT2D eigenvalue weighted by atomic mass is 10.1. The molecule has 3 nitrogen and oxygen atoms in total. The molecule has 1 N–H and O–H groups in total. The van der Waals surface area contributed by atoms with Crippen LogP contribution in [0.5, 0.6) is 5.75 Å². The smallest absolute Gasteiger partial charge is 0.258 e. The van der Waals surface area contributed by atoms with Gasteiger partial charge in [-0.05, 0) is 54.8 Å². The average Bonchev–Trinajstić information content (AvgIpc) is 2.49. The zero-order valence-corrected chi connectivity index (χ0v) is 15.0. The molecule has 0 heterocycles. The monoisotopic (exact) mass is 371 g/mol. The van der Waals surface area contributed by atoms with Gasteiger partial charge in [0.05, 0.1) is 0 Å². The van der Waals surface area contributed by atoms with Crippen LogP contribution in [0.3, 0.4) is 0 Å². The van der Waals surface area contributed by atoms with Gasteiger partial charge in [0.1, 0.15) is 5.75 Å². The molecule has 0 bridgehead atoms. The summed E-state index contributed by atoms with van der Waals surface area (Å²) < 4.78 is 5.50. The Morgan fingerprint density at radius 2 is 1.74 bits per heavy atom. The Labute approximate surface area is 150 Å². The lowest BCUT2D eigenvalue weighted by Gasteiger charge is -2.11. The number of benzene rings is 2. The first-order chi connectivity index (χ1) is 10.9. The highest BCUT2D eigenvalue weighted by Crippen LogP contribution is 2.25. The van der Waals surface area contributed by atoms with Crippen LogP contribution in [0.4, 0.5) is 0 Å². The number of nitrogens with one attached hydrogen (secondary N) is 1. The van der Waals surface area contributed by atoms with Crippen LogP contribution in [-0.4, -0.2) is 12.5 Å². The zero-order valence-electron chi connectivity index (χ0n) is 12.8. The highest BCUT2D eigenvalue weighted by atomic mass is 35.5. The van der Waals surface area contributed by atoms with Crippen LogP contribution in [0.1, 0.15) is 16.7 Å². The van der Waals surface area contributed by atoms with Gasteiger partial charge < -0.3 is 10.1 Å². The minimum absolute atomic E-state index is 0.0777. The van der Waals surface area contributed by atoms with Crippen LogP contribution in [0.2, 0.25) is 15.1 Å². The molecule has 23 heavy (non-hydrogen) atoms. The van der Waals surface area contributed by atoms with Crippen LogP contribution >= 0.6 is 34.8 Å². The predicted molar refractivity (Wildman–Crippen MR) is 94.7 cm³/mol. The van der Waals surface area contributed by atoms with Crippen molar-refractivity contribution in [1.82, 2.24) is 5.32 Å². The summed E-state index contributed by atoms with van der Waals surface area (Å²) in [4.78, 5) is 11.9. The van der Waals surface area contributed by atoms with Gasteiger partial charge in [-0.25, -0.2) is 0 Å². The maximum atomic E-state index is 11.9. The first-order valence-corrected chi connectivity index (χ1v) is 8.10. The Morgan fingerprint density at radius 1 is 1.09 bits per heavy atom. The minimum atomic E-state index is -0.235. The summed E-state index contributed by atoms with van der Waals surface area (Å²) in [6.45, 7) is 4.03. The summed E-state index contributed by atoms with van der Waals surface area (Å²) in [6.07, 6.45) is 0. The van der Waals surface area contributed by atoms with E-state index in [9.17, 15) is 4.79 Å². The molecule has 1 amide bonds. The molecular formula is C17H16Cl3NO2. The van der Waals surface area contributed by atoms with E-state index in [2.05, 4.69) is 5.32 Å². The molecule has 2 aromatic carbocycles. The van der Waals surface area contributed by atoms with E-state index in [1.807, 2.05) is 13.8 Å². The summed E-state index contributed by atoms with van der Waals surface area (Å²) in [5.41, 5.74) is 2.62. The molecule has 0 saturated carbocycles. The van der Waals surface area contributed by atoms with Crippen molar-refractivity contribution in [3.05, 3.63) is 62.1 Å². The van der Waals surface area contributed by atoms with E-state index in [4.69, 9.17) is 39.5 Å². The number of amides is 1. The van der Waals surface area contributed by atoms with Crippen molar-refractivity contribution in [3.63, 3.8) is 0 Å². The van der Waals surface area contributed by atoms with E-state index in [0.717, 1.165) is 16.7 Å². The van der Waals surface area contributed by atoms with Gasteiger partial charge in [-0.15, -0.1) is 0 Å². The van der Waals surface area contributed by atoms with Crippen molar-refractivity contribution in [1.29, 1.82) is 0 Å². The predicted octanol–water partition coefficient (Wildman–Crippen LogP) is 4.96. The fourth-order valence-corrected chi connectivity index (χ4v) is 2.63. The van der Waals surface area contributed by atoms with Gasteiger partial charge in [-0.1, -0.05) is 40.9 Å². The topological polar surface area (TPSA) is 38.3 Å². The van der Waals surface area contributed by atoms with Gasteiger partial charge in [0, 0.05) is 21.6 Å². The fourth-order valence-electron chi connectivity index (χ4n) is 2.05. The zero-order chi connectivity index (χ0) is 17.0. The van der Waals surface area contributed by atoms with E-state index >= 15 is 0 Å². The molecule has 122 valence electrons. The molecule has 0 fully saturated rings. The second kappa shape index (κ2) is 7.91. The SMILES string of the molecule is Cc1cc(OCC(=O)NCc2ccc(Cl)cc2Cl)cc(C)c1Cl. The number of hydrogen-bond donors (Lipinski definition) is 1. The van der Waals surface area contributed by atoms with Gasteiger partial charge in [-0.3, -0.25) is 4.79 Å². The van der Waals surface area contributed by atoms with Crippen LogP contribution in [-0.2, 0) is 11.3 Å². The number of hydrogen-bond acceptors (Lipinski definition) is 2. The van der Waals surface area contributed by atoms with Crippen molar-refractivity contribution in [2.24, 2.45) is 0 Å². The molecule has 0 aromatic heterocycles. The summed E-state index contributed by atoms with van der Waals surface area (Å²) in [6, 6.07) is 8.75. The number of carbonyl (C=O) groups is 1. The van der Waals surface area contributed by atoms with Crippen molar-refractivity contribution >= 4 is 40.7 Å². The Morgan fingerprint density at radius 3 is 2.35 bits per heavy atom. The average molecular weight is 373 g/mol. The third-order valence-electron chi connectivity index (χ3n) is 3.27. The van der Waals surface area contributed by atoms with Crippen LogP contribution in [0, 0.1) is 13.8 Å². The number of aryl methyl sites for hydroxylation is 2. The first-order valence-electron chi connectivity index (χ1n) is 6.97. The lowest BCUT2D eigenvalue weighted by molar-refractivity contribution is -0.123. The molecule has 0 unspecified atom stereocenters. The molecule has 6 heteroatoms. The highest BCUT2D eigenvalue weighted by molar-refractivity contribution is 6.35. The van der Waals surface area contributed by atoms with Gasteiger partial charge >= 0.3 is 0 Å². The number of halogens is 3. The minimum Gasteiger partial charge on any atom is -0.484 e. The third kappa shape index (κ3) is 5.03. The van der Waals surface area contributed by atoms with Gasteiger partial charge in [0.25, 0.3) is 5.91 Å². The molecule has 0 spiro atoms. The van der Waals surface area contributed by atoms with E-state index in [1.54, 1.807) is 30.3 Å². The molecular weight excluding hydrogens is 357 g/mol. The maximum Gasteiger partial charge on any atom is 0.258 e. The van der Waals surface area contributed by atoms with Crippen molar-refractivity contribution in [3.8, 4) is 5.75 Å². The van der Waals surface area contributed by atoms with Crippen molar-refractivity contribution < 1.29 is 9.53 Å². The van der Waals surface area contributed by atoms with E-state index < -0.39 is 0 Å². The van der Waals surface area contributed by atoms with Crippen LogP contribution in [0.15, 0.2) is 30.3 Å². The summed E-state index contributed by atoms with van der Waals surface area (Å²) in [5.74, 6) is 0.380. The summed E-state index contributed by atoms with van der Waals surface area (Å²) >= 11 is 18.0. The van der Waals surface area contributed by atoms with Gasteiger partial charge in [-0.2, -0.15) is 0 Å². The maximum absolute atomic E-state index is 11.9. The van der Waals surface area contributed by atoms with Crippen molar-refractivity contribution in [2.75, 3.05) is 6.61 Å². The molecule has 0 saturated heterocycles. The summed E-state index contributed by atoms with van der Waals surface area (Å²) in [5, 5.41) is 4.53. The Balaban J connectivity index is 1.88. The molecule has 0 atom stereocenters. The first kappa shape index (κ1) is 17.9. The van der Waals surface area contributed by atoms with Gasteiger partial charge in [0.2, 0.25) is 0 Å². The Hall–Kier alpha value is -1.42. The normalized spacial score (nSPS) is 10.5. The Kier molecular flexibility index (Phi) is 6.17. The second-order valence-electron chi connectivity index (χ2n) is 5.17. The van der Waals surface area contributed by atoms with Crippen LogP contribution in [0.25, 0.3) is 0 Å². The molecule has 0 aliphatic heterocycles. The van der Waals surface area contributed by atoms with Gasteiger partial charge in [0.15, 0.2) is 6.61 Å². The van der Waals surface area contributed by atoms with Crippen LogP contribution < -0.4 is 10.1 Å². The molecule has 0 aliphatic rings. The Bertz CT molecular complexity index is 709. The molecule has 0 aliphatic carbocycles. The number of ether oxygens (including phenoxy) is 1.